The van der Waals surface area contributed by atoms with Crippen LogP contribution in [0, 0.1) is 11.3 Å². The molecule has 1 aromatic heterocycles. The average Bonchev–Trinajstić information content (AvgIpc) is 2.38. The van der Waals surface area contributed by atoms with Crippen LogP contribution in [0.3, 0.4) is 0 Å². The van der Waals surface area contributed by atoms with Crippen LogP contribution in [0.25, 0.3) is 0 Å². The zero-order valence-electron chi connectivity index (χ0n) is 5.86. The molecule has 0 aromatic carbocycles. The summed E-state index contributed by atoms with van der Waals surface area (Å²) in [6, 6.07) is 3.55. The lowest BCUT2D eigenvalue weighted by molar-refractivity contribution is 0.559. The molecule has 60 valence electrons. The van der Waals surface area contributed by atoms with E-state index in [2.05, 4.69) is 0 Å². The third-order valence-corrected chi connectivity index (χ3v) is 1.28. The summed E-state index contributed by atoms with van der Waals surface area (Å²) in [7, 11) is 0. The Labute approximate surface area is 71.2 Å². The van der Waals surface area contributed by atoms with Gasteiger partial charge in [0, 0.05) is 11.6 Å². The van der Waals surface area contributed by atoms with Gasteiger partial charge >= 0.3 is 0 Å². The molecular weight excluding hydrogens is 164 g/mol. The Bertz CT molecular complexity index is 227. The fraction of sp³-hybridized carbons (Fsp3) is 0.286. The molecule has 0 aliphatic rings. The Balaban J connectivity index is 0.000001000. The van der Waals surface area contributed by atoms with E-state index >= 15 is 0 Å². The van der Waals surface area contributed by atoms with E-state index in [4.69, 9.17) is 15.4 Å². The first kappa shape index (κ1) is 10.0. The van der Waals surface area contributed by atoms with Crippen LogP contribution in [0.1, 0.15) is 18.0 Å². The van der Waals surface area contributed by atoms with E-state index in [1.54, 1.807) is 18.6 Å². The molecule has 1 atom stereocenters. The maximum atomic E-state index is 8.27. The normalized spacial score (nSPS) is 11.3. The van der Waals surface area contributed by atoms with Crippen molar-refractivity contribution in [3.05, 3.63) is 24.2 Å². The number of hydrogen-bond donors (Lipinski definition) is 1. The summed E-state index contributed by atoms with van der Waals surface area (Å²) in [4.78, 5) is 0. The first-order valence-electron chi connectivity index (χ1n) is 2.99. The predicted octanol–water partition coefficient (Wildman–Crippen LogP) is 1.61. The third kappa shape index (κ3) is 2.62. The van der Waals surface area contributed by atoms with Crippen molar-refractivity contribution in [1.82, 2.24) is 0 Å². The van der Waals surface area contributed by atoms with Gasteiger partial charge in [-0.15, -0.1) is 12.4 Å². The van der Waals surface area contributed by atoms with Crippen LogP contribution in [-0.2, 0) is 0 Å². The third-order valence-electron chi connectivity index (χ3n) is 1.28. The first-order chi connectivity index (χ1) is 4.84. The monoisotopic (exact) mass is 172 g/mol. The van der Waals surface area contributed by atoms with Gasteiger partial charge in [0.25, 0.3) is 0 Å². The first-order valence-corrected chi connectivity index (χ1v) is 2.99. The van der Waals surface area contributed by atoms with Crippen LogP contribution in [0.2, 0.25) is 0 Å². The molecule has 2 N–H and O–H groups in total. The van der Waals surface area contributed by atoms with Crippen LogP contribution < -0.4 is 5.73 Å². The summed E-state index contributed by atoms with van der Waals surface area (Å²) in [5.74, 6) is 0. The molecule has 0 spiro atoms. The van der Waals surface area contributed by atoms with Gasteiger partial charge < -0.3 is 10.2 Å². The van der Waals surface area contributed by atoms with Gasteiger partial charge in [-0.2, -0.15) is 5.26 Å². The lowest BCUT2D eigenvalue weighted by Gasteiger charge is -2.00. The second-order valence-electron chi connectivity index (χ2n) is 2.03. The van der Waals surface area contributed by atoms with E-state index in [0.717, 1.165) is 5.56 Å². The highest BCUT2D eigenvalue weighted by atomic mass is 35.5. The van der Waals surface area contributed by atoms with E-state index in [1.165, 1.54) is 0 Å². The maximum Gasteiger partial charge on any atom is 0.0950 e. The molecule has 0 aliphatic heterocycles. The van der Waals surface area contributed by atoms with Gasteiger partial charge in [0.1, 0.15) is 0 Å². The highest BCUT2D eigenvalue weighted by Crippen LogP contribution is 2.12. The molecule has 3 nitrogen and oxygen atoms in total. The Kier molecular flexibility index (Phi) is 4.35. The van der Waals surface area contributed by atoms with Crippen molar-refractivity contribution >= 4 is 12.4 Å². The molecule has 0 radical (unpaired) electrons. The standard InChI is InChI=1S/C7H8N2O.ClH/c8-3-1-7(9)6-2-4-10-5-6;/h2,4-5,7H,1,9H2;1H/t7-;/m1./s1. The Morgan fingerprint density at radius 1 is 1.73 bits per heavy atom. The van der Waals surface area contributed by atoms with Gasteiger partial charge in [-0.25, -0.2) is 0 Å². The van der Waals surface area contributed by atoms with Crippen molar-refractivity contribution in [3.63, 3.8) is 0 Å². The number of halogens is 1. The van der Waals surface area contributed by atoms with Crippen LogP contribution in [0.15, 0.2) is 23.0 Å². The minimum Gasteiger partial charge on any atom is -0.472 e. The minimum atomic E-state index is -0.205. The SMILES string of the molecule is Cl.N#CC[C@@H](N)c1ccoc1. The molecule has 0 saturated heterocycles. The van der Waals surface area contributed by atoms with E-state index in [1.807, 2.05) is 6.07 Å². The quantitative estimate of drug-likeness (QED) is 0.737. The maximum absolute atomic E-state index is 8.27. The molecule has 0 bridgehead atoms. The van der Waals surface area contributed by atoms with Crippen LogP contribution in [-0.4, -0.2) is 0 Å². The zero-order valence-corrected chi connectivity index (χ0v) is 6.67. The Morgan fingerprint density at radius 2 is 2.45 bits per heavy atom. The molecule has 0 amide bonds. The summed E-state index contributed by atoms with van der Waals surface area (Å²) >= 11 is 0. The van der Waals surface area contributed by atoms with Crippen molar-refractivity contribution in [2.24, 2.45) is 5.73 Å². The average molecular weight is 173 g/mol. The van der Waals surface area contributed by atoms with Crippen molar-refractivity contribution in [2.45, 2.75) is 12.5 Å². The van der Waals surface area contributed by atoms with Crippen molar-refractivity contribution in [3.8, 4) is 6.07 Å². The zero-order chi connectivity index (χ0) is 7.40. The number of hydrogen-bond acceptors (Lipinski definition) is 3. The van der Waals surface area contributed by atoms with Gasteiger partial charge in [-0.05, 0) is 6.07 Å². The molecule has 0 unspecified atom stereocenters. The largest absolute Gasteiger partial charge is 0.472 e. The summed E-state index contributed by atoms with van der Waals surface area (Å²) in [6.07, 6.45) is 3.44. The molecule has 1 rings (SSSR count). The van der Waals surface area contributed by atoms with Crippen LogP contribution in [0.5, 0.6) is 0 Å². The number of nitriles is 1. The number of furan rings is 1. The van der Waals surface area contributed by atoms with Gasteiger partial charge in [0.15, 0.2) is 0 Å². The Hall–Kier alpha value is -0.980. The topological polar surface area (TPSA) is 63.0 Å². The summed E-state index contributed by atoms with van der Waals surface area (Å²) in [5, 5.41) is 8.27. The Morgan fingerprint density at radius 3 is 2.91 bits per heavy atom. The highest BCUT2D eigenvalue weighted by Gasteiger charge is 2.04. The molecule has 11 heavy (non-hydrogen) atoms. The molecule has 1 heterocycles. The van der Waals surface area contributed by atoms with Crippen molar-refractivity contribution < 1.29 is 4.42 Å². The van der Waals surface area contributed by atoms with E-state index < -0.39 is 0 Å². The fourth-order valence-electron chi connectivity index (χ4n) is 0.702. The summed E-state index contributed by atoms with van der Waals surface area (Å²) in [6.45, 7) is 0. The van der Waals surface area contributed by atoms with Crippen molar-refractivity contribution in [2.75, 3.05) is 0 Å². The molecule has 4 heteroatoms. The minimum absolute atomic E-state index is 0. The van der Waals surface area contributed by atoms with E-state index in [-0.39, 0.29) is 18.4 Å². The van der Waals surface area contributed by atoms with Gasteiger partial charge in [-0.3, -0.25) is 0 Å². The highest BCUT2D eigenvalue weighted by molar-refractivity contribution is 5.85. The number of nitrogens with two attached hydrogens (primary N) is 1. The second kappa shape index (κ2) is 4.78. The van der Waals surface area contributed by atoms with Crippen molar-refractivity contribution in [1.29, 1.82) is 5.26 Å². The molecular formula is C7H9ClN2O. The lowest BCUT2D eigenvalue weighted by atomic mass is 10.1. The fourth-order valence-corrected chi connectivity index (χ4v) is 0.702. The van der Waals surface area contributed by atoms with E-state index in [0.29, 0.717) is 6.42 Å². The smallest absolute Gasteiger partial charge is 0.0950 e. The van der Waals surface area contributed by atoms with Crippen LogP contribution >= 0.6 is 12.4 Å². The van der Waals surface area contributed by atoms with Gasteiger partial charge in [0.05, 0.1) is 25.0 Å². The molecule has 0 saturated carbocycles. The van der Waals surface area contributed by atoms with Gasteiger partial charge in [0.2, 0.25) is 0 Å². The molecule has 0 fully saturated rings. The summed E-state index contributed by atoms with van der Waals surface area (Å²) < 4.78 is 4.79. The number of rotatable bonds is 2. The summed E-state index contributed by atoms with van der Waals surface area (Å²) in [5.41, 5.74) is 6.44. The second-order valence-corrected chi connectivity index (χ2v) is 2.03. The van der Waals surface area contributed by atoms with Gasteiger partial charge in [-0.1, -0.05) is 0 Å². The lowest BCUT2D eigenvalue weighted by Crippen LogP contribution is -2.07. The molecule has 0 aliphatic carbocycles. The number of nitrogens with zero attached hydrogens (tertiary/aromatic N) is 1. The van der Waals surface area contributed by atoms with E-state index in [9.17, 15) is 0 Å². The van der Waals surface area contributed by atoms with Crippen LogP contribution in [0.4, 0.5) is 0 Å². The predicted molar refractivity (Wildman–Crippen MR) is 43.1 cm³/mol. The molecule has 1 aromatic rings.